The predicted molar refractivity (Wildman–Crippen MR) is 82.3 cm³/mol. The molecule has 0 bridgehead atoms. The molecular formula is C16H19ClN2O. The summed E-state index contributed by atoms with van der Waals surface area (Å²) in [6.07, 6.45) is 8.95. The molecule has 4 heteroatoms. The van der Waals surface area contributed by atoms with Gasteiger partial charge in [-0.15, -0.1) is 0 Å². The number of nitrogens with one attached hydrogen (secondary N) is 2. The van der Waals surface area contributed by atoms with Gasteiger partial charge in [-0.25, -0.2) is 0 Å². The average Bonchev–Trinajstić information content (AvgIpc) is 2.67. The van der Waals surface area contributed by atoms with E-state index in [1.807, 2.05) is 18.2 Å². The van der Waals surface area contributed by atoms with Crippen LogP contribution in [-0.2, 0) is 0 Å². The Kier molecular flexibility index (Phi) is 3.97. The number of hydrogen-bond donors (Lipinski definition) is 2. The second-order valence-electron chi connectivity index (χ2n) is 5.55. The third-order valence-electron chi connectivity index (χ3n) is 4.08. The largest absolute Gasteiger partial charge is 0.360 e. The Morgan fingerprint density at radius 2 is 1.95 bits per heavy atom. The van der Waals surface area contributed by atoms with E-state index in [-0.39, 0.29) is 5.91 Å². The van der Waals surface area contributed by atoms with Crippen molar-refractivity contribution in [2.45, 2.75) is 44.6 Å². The highest BCUT2D eigenvalue weighted by Crippen LogP contribution is 2.23. The van der Waals surface area contributed by atoms with Gasteiger partial charge in [0.25, 0.3) is 5.91 Å². The minimum atomic E-state index is 0.00502. The molecule has 106 valence electrons. The van der Waals surface area contributed by atoms with Crippen LogP contribution in [0.3, 0.4) is 0 Å². The molecule has 1 heterocycles. The molecule has 1 amide bonds. The smallest absolute Gasteiger partial charge is 0.253 e. The van der Waals surface area contributed by atoms with Crippen LogP contribution in [0.5, 0.6) is 0 Å². The lowest BCUT2D eigenvalue weighted by molar-refractivity contribution is 0.0935. The fourth-order valence-electron chi connectivity index (χ4n) is 2.97. The minimum absolute atomic E-state index is 0.00502. The number of aromatic amines is 1. The number of aromatic nitrogens is 1. The van der Waals surface area contributed by atoms with E-state index in [0.717, 1.165) is 23.7 Å². The molecule has 1 aliphatic carbocycles. The van der Waals surface area contributed by atoms with Crippen molar-refractivity contribution in [3.8, 4) is 0 Å². The summed E-state index contributed by atoms with van der Waals surface area (Å²) in [5.41, 5.74) is 1.63. The van der Waals surface area contributed by atoms with Crippen molar-refractivity contribution in [2.75, 3.05) is 0 Å². The molecule has 20 heavy (non-hydrogen) atoms. The quantitative estimate of drug-likeness (QED) is 0.797. The van der Waals surface area contributed by atoms with Gasteiger partial charge in [0, 0.05) is 28.2 Å². The van der Waals surface area contributed by atoms with Crippen LogP contribution >= 0.6 is 11.6 Å². The second kappa shape index (κ2) is 5.88. The van der Waals surface area contributed by atoms with Crippen LogP contribution in [0.4, 0.5) is 0 Å². The van der Waals surface area contributed by atoms with Gasteiger partial charge in [-0.05, 0) is 31.0 Å². The van der Waals surface area contributed by atoms with Crippen molar-refractivity contribution in [1.82, 2.24) is 10.3 Å². The van der Waals surface area contributed by atoms with Gasteiger partial charge in [0.05, 0.1) is 5.56 Å². The maximum Gasteiger partial charge on any atom is 0.253 e. The lowest BCUT2D eigenvalue weighted by Gasteiger charge is -2.15. The summed E-state index contributed by atoms with van der Waals surface area (Å²) in [6, 6.07) is 5.89. The SMILES string of the molecule is O=C(NC1CCCCCC1)c1c[nH]c2ccc(Cl)cc12. The zero-order chi connectivity index (χ0) is 13.9. The van der Waals surface area contributed by atoms with E-state index in [1.165, 1.54) is 25.7 Å². The molecule has 0 radical (unpaired) electrons. The number of rotatable bonds is 2. The summed E-state index contributed by atoms with van der Waals surface area (Å²) in [4.78, 5) is 15.6. The van der Waals surface area contributed by atoms with Gasteiger partial charge in [-0.1, -0.05) is 37.3 Å². The predicted octanol–water partition coefficient (Wildman–Crippen LogP) is 4.27. The maximum atomic E-state index is 12.4. The normalized spacial score (nSPS) is 17.1. The fourth-order valence-corrected chi connectivity index (χ4v) is 3.14. The van der Waals surface area contributed by atoms with Gasteiger partial charge in [0.15, 0.2) is 0 Å². The highest BCUT2D eigenvalue weighted by molar-refractivity contribution is 6.31. The topological polar surface area (TPSA) is 44.9 Å². The molecular weight excluding hydrogens is 272 g/mol. The lowest BCUT2D eigenvalue weighted by atomic mass is 10.1. The van der Waals surface area contributed by atoms with Crippen LogP contribution < -0.4 is 5.32 Å². The van der Waals surface area contributed by atoms with Crippen LogP contribution in [0.15, 0.2) is 24.4 Å². The third-order valence-corrected chi connectivity index (χ3v) is 4.31. The molecule has 1 saturated carbocycles. The number of halogens is 1. The molecule has 0 aliphatic heterocycles. The first-order valence-electron chi connectivity index (χ1n) is 7.31. The molecule has 1 aliphatic rings. The van der Waals surface area contributed by atoms with E-state index >= 15 is 0 Å². The summed E-state index contributed by atoms with van der Waals surface area (Å²) < 4.78 is 0. The number of fused-ring (bicyclic) bond motifs is 1. The van der Waals surface area contributed by atoms with Gasteiger partial charge in [-0.3, -0.25) is 4.79 Å². The van der Waals surface area contributed by atoms with Crippen molar-refractivity contribution in [2.24, 2.45) is 0 Å². The first-order valence-corrected chi connectivity index (χ1v) is 7.69. The second-order valence-corrected chi connectivity index (χ2v) is 5.99. The highest BCUT2D eigenvalue weighted by atomic mass is 35.5. The number of carbonyl (C=O) groups excluding carboxylic acids is 1. The van der Waals surface area contributed by atoms with Gasteiger partial charge in [-0.2, -0.15) is 0 Å². The molecule has 1 fully saturated rings. The average molecular weight is 291 g/mol. The van der Waals surface area contributed by atoms with Gasteiger partial charge in [0.1, 0.15) is 0 Å². The molecule has 1 aromatic heterocycles. The number of H-pyrrole nitrogens is 1. The summed E-state index contributed by atoms with van der Waals surface area (Å²) >= 11 is 6.02. The maximum absolute atomic E-state index is 12.4. The van der Waals surface area contributed by atoms with Crippen LogP contribution in [0, 0.1) is 0 Å². The summed E-state index contributed by atoms with van der Waals surface area (Å²) in [5, 5.41) is 4.72. The molecule has 0 atom stereocenters. The molecule has 0 spiro atoms. The van der Waals surface area contributed by atoms with Crippen LogP contribution in [0.2, 0.25) is 5.02 Å². The Hall–Kier alpha value is -1.48. The first kappa shape index (κ1) is 13.5. The number of amides is 1. The van der Waals surface area contributed by atoms with E-state index in [1.54, 1.807) is 6.20 Å². The Balaban J connectivity index is 1.79. The lowest BCUT2D eigenvalue weighted by Crippen LogP contribution is -2.34. The van der Waals surface area contributed by atoms with Crippen LogP contribution in [0.1, 0.15) is 48.9 Å². The minimum Gasteiger partial charge on any atom is -0.360 e. The van der Waals surface area contributed by atoms with E-state index in [0.29, 0.717) is 16.6 Å². The Bertz CT molecular complexity index is 612. The van der Waals surface area contributed by atoms with E-state index in [4.69, 9.17) is 11.6 Å². The molecule has 1 aromatic carbocycles. The van der Waals surface area contributed by atoms with E-state index in [2.05, 4.69) is 10.3 Å². The van der Waals surface area contributed by atoms with Crippen LogP contribution in [0.25, 0.3) is 10.9 Å². The van der Waals surface area contributed by atoms with E-state index in [9.17, 15) is 4.79 Å². The molecule has 2 N–H and O–H groups in total. The fraction of sp³-hybridized carbons (Fsp3) is 0.438. The highest BCUT2D eigenvalue weighted by Gasteiger charge is 2.18. The summed E-state index contributed by atoms with van der Waals surface area (Å²) in [5.74, 6) is 0.00502. The summed E-state index contributed by atoms with van der Waals surface area (Å²) in [7, 11) is 0. The van der Waals surface area contributed by atoms with Gasteiger partial charge < -0.3 is 10.3 Å². The monoisotopic (exact) mass is 290 g/mol. The Morgan fingerprint density at radius 1 is 1.20 bits per heavy atom. The van der Waals surface area contributed by atoms with Crippen molar-refractivity contribution in [1.29, 1.82) is 0 Å². The molecule has 2 aromatic rings. The molecule has 3 nitrogen and oxygen atoms in total. The Morgan fingerprint density at radius 3 is 2.70 bits per heavy atom. The zero-order valence-corrected chi connectivity index (χ0v) is 12.2. The standard InChI is InChI=1S/C16H19ClN2O/c17-11-7-8-15-13(9-11)14(10-18-15)16(20)19-12-5-3-1-2-4-6-12/h7-10,12,18H,1-6H2,(H,19,20). The number of hydrogen-bond acceptors (Lipinski definition) is 1. The van der Waals surface area contributed by atoms with Crippen molar-refractivity contribution in [3.05, 3.63) is 35.0 Å². The summed E-state index contributed by atoms with van der Waals surface area (Å²) in [6.45, 7) is 0. The number of benzene rings is 1. The van der Waals surface area contributed by atoms with Crippen molar-refractivity contribution in [3.63, 3.8) is 0 Å². The Labute approximate surface area is 123 Å². The van der Waals surface area contributed by atoms with Crippen molar-refractivity contribution < 1.29 is 4.79 Å². The molecule has 0 saturated heterocycles. The van der Waals surface area contributed by atoms with Crippen molar-refractivity contribution >= 4 is 28.4 Å². The molecule has 0 unspecified atom stereocenters. The van der Waals surface area contributed by atoms with Gasteiger partial charge in [0.2, 0.25) is 0 Å². The molecule has 3 rings (SSSR count). The number of carbonyl (C=O) groups is 1. The first-order chi connectivity index (χ1) is 9.74. The zero-order valence-electron chi connectivity index (χ0n) is 11.4. The van der Waals surface area contributed by atoms with E-state index < -0.39 is 0 Å². The van der Waals surface area contributed by atoms with Crippen LogP contribution in [-0.4, -0.2) is 16.9 Å². The third kappa shape index (κ3) is 2.83. The van der Waals surface area contributed by atoms with Gasteiger partial charge >= 0.3 is 0 Å².